The largest absolute Gasteiger partial charge is 0.493 e. The highest BCUT2D eigenvalue weighted by atomic mass is 35.5. The van der Waals surface area contributed by atoms with Gasteiger partial charge in [0.2, 0.25) is 0 Å². The molecule has 4 heteroatoms. The Morgan fingerprint density at radius 2 is 1.67 bits per heavy atom. The summed E-state index contributed by atoms with van der Waals surface area (Å²) < 4.78 is 11.7. The fourth-order valence-electron chi connectivity index (χ4n) is 3.55. The summed E-state index contributed by atoms with van der Waals surface area (Å²) in [7, 11) is 1.63. The van der Waals surface area contributed by atoms with E-state index in [0.29, 0.717) is 29.7 Å². The van der Waals surface area contributed by atoms with Gasteiger partial charge in [-0.15, -0.1) is 0 Å². The van der Waals surface area contributed by atoms with E-state index in [1.54, 1.807) is 7.11 Å². The second-order valence-electron chi connectivity index (χ2n) is 7.20. The van der Waals surface area contributed by atoms with Crippen LogP contribution in [-0.2, 0) is 13.2 Å². The summed E-state index contributed by atoms with van der Waals surface area (Å²) in [4.78, 5) is 0. The van der Waals surface area contributed by atoms with Crippen molar-refractivity contribution in [3.63, 3.8) is 0 Å². The number of rotatable bonds is 7. The first-order valence-electron chi connectivity index (χ1n) is 9.91. The van der Waals surface area contributed by atoms with E-state index in [-0.39, 0.29) is 0 Å². The van der Waals surface area contributed by atoms with E-state index >= 15 is 0 Å². The molecule has 0 bridgehead atoms. The number of hydrogen-bond donors (Lipinski definition) is 1. The van der Waals surface area contributed by atoms with Crippen molar-refractivity contribution in [1.29, 1.82) is 0 Å². The number of methoxy groups -OCH3 is 1. The van der Waals surface area contributed by atoms with Gasteiger partial charge in [0.15, 0.2) is 11.5 Å². The summed E-state index contributed by atoms with van der Waals surface area (Å²) in [5, 5.41) is 6.35. The predicted octanol–water partition coefficient (Wildman–Crippen LogP) is 7.00. The fourth-order valence-corrected chi connectivity index (χ4v) is 3.84. The zero-order chi connectivity index (χ0) is 20.9. The van der Waals surface area contributed by atoms with Crippen molar-refractivity contribution in [1.82, 2.24) is 0 Å². The summed E-state index contributed by atoms with van der Waals surface area (Å²) in [6.45, 7) is 3.14. The molecule has 152 valence electrons. The third-order valence-electron chi connectivity index (χ3n) is 5.17. The maximum atomic E-state index is 6.58. The first-order chi connectivity index (χ1) is 14.7. The lowest BCUT2D eigenvalue weighted by Gasteiger charge is -2.16. The molecule has 30 heavy (non-hydrogen) atoms. The number of ether oxygens (including phenoxy) is 2. The van der Waals surface area contributed by atoms with Gasteiger partial charge in [-0.2, -0.15) is 0 Å². The predicted molar refractivity (Wildman–Crippen MR) is 125 cm³/mol. The number of nitrogens with one attached hydrogen (secondary N) is 1. The molecule has 0 saturated heterocycles. The Kier molecular flexibility index (Phi) is 6.10. The monoisotopic (exact) mass is 417 g/mol. The molecule has 4 aromatic carbocycles. The Hall–Kier alpha value is -3.17. The molecule has 0 aliphatic carbocycles. The van der Waals surface area contributed by atoms with Crippen molar-refractivity contribution < 1.29 is 9.47 Å². The second-order valence-corrected chi connectivity index (χ2v) is 7.61. The molecule has 4 rings (SSSR count). The van der Waals surface area contributed by atoms with Crippen LogP contribution >= 0.6 is 11.6 Å². The van der Waals surface area contributed by atoms with Crippen molar-refractivity contribution in [3.8, 4) is 11.5 Å². The lowest BCUT2D eigenvalue weighted by atomic mass is 10.1. The van der Waals surface area contributed by atoms with E-state index in [4.69, 9.17) is 21.1 Å². The average molecular weight is 418 g/mol. The molecule has 0 saturated carbocycles. The quantitative estimate of drug-likeness (QED) is 0.351. The van der Waals surface area contributed by atoms with Crippen LogP contribution in [0.1, 0.15) is 16.7 Å². The van der Waals surface area contributed by atoms with E-state index in [2.05, 4.69) is 48.6 Å². The van der Waals surface area contributed by atoms with Crippen LogP contribution in [0, 0.1) is 6.92 Å². The molecule has 0 aliphatic heterocycles. The molecule has 0 aromatic heterocycles. The minimum Gasteiger partial charge on any atom is -0.493 e. The van der Waals surface area contributed by atoms with Gasteiger partial charge in [-0.3, -0.25) is 0 Å². The lowest BCUT2D eigenvalue weighted by molar-refractivity contribution is 0.285. The minimum absolute atomic E-state index is 0.415. The van der Waals surface area contributed by atoms with Gasteiger partial charge in [-0.1, -0.05) is 72.3 Å². The molecule has 0 unspecified atom stereocenters. The summed E-state index contributed by atoms with van der Waals surface area (Å²) >= 11 is 6.58. The van der Waals surface area contributed by atoms with Crippen molar-refractivity contribution in [2.75, 3.05) is 12.4 Å². The maximum absolute atomic E-state index is 6.58. The summed E-state index contributed by atoms with van der Waals surface area (Å²) in [5.74, 6) is 1.19. The zero-order valence-corrected chi connectivity index (χ0v) is 17.9. The Labute approximate surface area is 182 Å². The molecule has 0 radical (unpaired) electrons. The normalized spacial score (nSPS) is 10.8. The van der Waals surface area contributed by atoms with Gasteiger partial charge >= 0.3 is 0 Å². The zero-order valence-electron chi connectivity index (χ0n) is 17.1. The first kappa shape index (κ1) is 20.1. The van der Waals surface area contributed by atoms with Crippen LogP contribution < -0.4 is 14.8 Å². The minimum atomic E-state index is 0.415. The van der Waals surface area contributed by atoms with Gasteiger partial charge in [0.05, 0.1) is 12.1 Å². The number of anilines is 1. The molecule has 0 heterocycles. The molecule has 0 aliphatic rings. The van der Waals surface area contributed by atoms with Crippen molar-refractivity contribution in [2.24, 2.45) is 0 Å². The molecule has 3 nitrogen and oxygen atoms in total. The maximum Gasteiger partial charge on any atom is 0.180 e. The van der Waals surface area contributed by atoms with Crippen molar-refractivity contribution >= 4 is 28.1 Å². The molecule has 0 atom stereocenters. The molecule has 1 N–H and O–H groups in total. The van der Waals surface area contributed by atoms with E-state index < -0.39 is 0 Å². The summed E-state index contributed by atoms with van der Waals surface area (Å²) in [5.41, 5.74) is 4.43. The first-order valence-corrected chi connectivity index (χ1v) is 10.3. The van der Waals surface area contributed by atoms with Crippen LogP contribution in [0.3, 0.4) is 0 Å². The van der Waals surface area contributed by atoms with Gasteiger partial charge in [0.25, 0.3) is 0 Å². The smallest absolute Gasteiger partial charge is 0.180 e. The highest BCUT2D eigenvalue weighted by molar-refractivity contribution is 6.32. The highest BCUT2D eigenvalue weighted by Crippen LogP contribution is 2.37. The Balaban J connectivity index is 1.53. The SMILES string of the molecule is COc1cc(CNc2ccccc2C)cc(Cl)c1OCc1cccc2ccccc12. The second kappa shape index (κ2) is 9.10. The van der Waals surface area contributed by atoms with Crippen LogP contribution in [0.5, 0.6) is 11.5 Å². The van der Waals surface area contributed by atoms with Gasteiger partial charge < -0.3 is 14.8 Å². The molecule has 4 aromatic rings. The third kappa shape index (κ3) is 4.37. The van der Waals surface area contributed by atoms with Gasteiger partial charge in [0, 0.05) is 12.2 Å². The molecule has 0 fully saturated rings. The van der Waals surface area contributed by atoms with Gasteiger partial charge in [0.1, 0.15) is 6.61 Å². The van der Waals surface area contributed by atoms with Gasteiger partial charge in [-0.05, 0) is 52.6 Å². The Bertz CT molecular complexity index is 1170. The Morgan fingerprint density at radius 3 is 2.50 bits per heavy atom. The number of halogens is 1. The number of hydrogen-bond acceptors (Lipinski definition) is 3. The topological polar surface area (TPSA) is 30.5 Å². The summed E-state index contributed by atoms with van der Waals surface area (Å²) in [6.07, 6.45) is 0. The molecule has 0 spiro atoms. The lowest BCUT2D eigenvalue weighted by Crippen LogP contribution is -2.03. The van der Waals surface area contributed by atoms with Crippen LogP contribution in [0.2, 0.25) is 5.02 Å². The van der Waals surface area contributed by atoms with E-state index in [0.717, 1.165) is 16.8 Å². The van der Waals surface area contributed by atoms with Crippen LogP contribution in [0.4, 0.5) is 5.69 Å². The Morgan fingerprint density at radius 1 is 0.900 bits per heavy atom. The van der Waals surface area contributed by atoms with E-state index in [1.807, 2.05) is 42.5 Å². The molecular weight excluding hydrogens is 394 g/mol. The molecule has 0 amide bonds. The average Bonchev–Trinajstić information content (AvgIpc) is 2.77. The van der Waals surface area contributed by atoms with E-state index in [9.17, 15) is 0 Å². The fraction of sp³-hybridized carbons (Fsp3) is 0.154. The van der Waals surface area contributed by atoms with Crippen molar-refractivity contribution in [3.05, 3.63) is 101 Å². The van der Waals surface area contributed by atoms with Crippen molar-refractivity contribution in [2.45, 2.75) is 20.1 Å². The standard InChI is InChI=1S/C26H24ClNO2/c1-18-8-3-6-13-24(18)28-16-19-14-23(27)26(25(15-19)29-2)30-17-21-11-7-10-20-9-4-5-12-22(20)21/h3-15,28H,16-17H2,1-2H3. The third-order valence-corrected chi connectivity index (χ3v) is 5.45. The van der Waals surface area contributed by atoms with Crippen LogP contribution in [0.25, 0.3) is 10.8 Å². The highest BCUT2D eigenvalue weighted by Gasteiger charge is 2.13. The number of fused-ring (bicyclic) bond motifs is 1. The number of para-hydroxylation sites is 1. The molecular formula is C26H24ClNO2. The number of aryl methyl sites for hydroxylation is 1. The summed E-state index contributed by atoms with van der Waals surface area (Å²) in [6, 6.07) is 26.6. The van der Waals surface area contributed by atoms with Crippen LogP contribution in [0.15, 0.2) is 78.9 Å². The number of benzene rings is 4. The van der Waals surface area contributed by atoms with Gasteiger partial charge in [-0.25, -0.2) is 0 Å². The van der Waals surface area contributed by atoms with Crippen LogP contribution in [-0.4, -0.2) is 7.11 Å². The van der Waals surface area contributed by atoms with E-state index in [1.165, 1.54) is 16.3 Å².